The van der Waals surface area contributed by atoms with Gasteiger partial charge in [-0.1, -0.05) is 0 Å². The highest BCUT2D eigenvalue weighted by Crippen LogP contribution is 2.39. The van der Waals surface area contributed by atoms with Crippen molar-refractivity contribution in [3.63, 3.8) is 0 Å². The number of carboxylic acids is 1. The standard InChI is InChI=1S/C11H15N3O3S/c15-10(16)8-4-3-7(17-8)5-12-11-13-9(14-18-11)6-1-2-6/h6-8H,1-5H2,(H,15,16)(H,12,13,14). The average Bonchev–Trinajstić information content (AvgIpc) is 2.92. The van der Waals surface area contributed by atoms with Crippen molar-refractivity contribution in [2.45, 2.75) is 43.8 Å². The zero-order valence-corrected chi connectivity index (χ0v) is 10.7. The van der Waals surface area contributed by atoms with Crippen LogP contribution in [-0.2, 0) is 9.53 Å². The van der Waals surface area contributed by atoms with E-state index in [1.165, 1.54) is 24.4 Å². The number of anilines is 1. The Labute approximate surface area is 109 Å². The van der Waals surface area contributed by atoms with Crippen LogP contribution in [0, 0.1) is 0 Å². The maximum Gasteiger partial charge on any atom is 0.332 e. The van der Waals surface area contributed by atoms with Crippen molar-refractivity contribution in [3.05, 3.63) is 5.82 Å². The number of carbonyl (C=O) groups is 1. The molecule has 2 atom stereocenters. The zero-order chi connectivity index (χ0) is 12.5. The number of aromatic nitrogens is 2. The van der Waals surface area contributed by atoms with Crippen LogP contribution in [0.3, 0.4) is 0 Å². The lowest BCUT2D eigenvalue weighted by molar-refractivity contribution is -0.149. The largest absolute Gasteiger partial charge is 0.479 e. The average molecular weight is 269 g/mol. The van der Waals surface area contributed by atoms with Gasteiger partial charge in [-0.3, -0.25) is 0 Å². The van der Waals surface area contributed by atoms with Gasteiger partial charge in [-0.15, -0.1) is 0 Å². The van der Waals surface area contributed by atoms with E-state index in [-0.39, 0.29) is 6.10 Å². The molecule has 0 spiro atoms. The van der Waals surface area contributed by atoms with E-state index in [2.05, 4.69) is 14.7 Å². The summed E-state index contributed by atoms with van der Waals surface area (Å²) in [6, 6.07) is 0. The van der Waals surface area contributed by atoms with E-state index in [0.717, 1.165) is 17.4 Å². The van der Waals surface area contributed by atoms with Crippen LogP contribution >= 0.6 is 11.5 Å². The van der Waals surface area contributed by atoms with E-state index in [1.807, 2.05) is 0 Å². The number of hydrogen-bond donors (Lipinski definition) is 2. The molecule has 1 aromatic heterocycles. The lowest BCUT2D eigenvalue weighted by atomic mass is 10.2. The van der Waals surface area contributed by atoms with Crippen LogP contribution in [0.25, 0.3) is 0 Å². The third-order valence-electron chi connectivity index (χ3n) is 3.25. The van der Waals surface area contributed by atoms with Crippen molar-refractivity contribution in [1.29, 1.82) is 0 Å². The summed E-state index contributed by atoms with van der Waals surface area (Å²) in [6.45, 7) is 0.600. The highest BCUT2D eigenvalue weighted by atomic mass is 32.1. The van der Waals surface area contributed by atoms with Gasteiger partial charge >= 0.3 is 5.97 Å². The van der Waals surface area contributed by atoms with Gasteiger partial charge < -0.3 is 15.2 Å². The van der Waals surface area contributed by atoms with E-state index >= 15 is 0 Å². The molecule has 2 N–H and O–H groups in total. The third kappa shape index (κ3) is 2.62. The van der Waals surface area contributed by atoms with E-state index in [1.54, 1.807) is 0 Å². The number of rotatable bonds is 5. The van der Waals surface area contributed by atoms with Gasteiger partial charge in [0.25, 0.3) is 0 Å². The van der Waals surface area contributed by atoms with Gasteiger partial charge in [0.2, 0.25) is 5.13 Å². The van der Waals surface area contributed by atoms with Crippen LogP contribution in [0.4, 0.5) is 5.13 Å². The topological polar surface area (TPSA) is 84.3 Å². The Morgan fingerprint density at radius 2 is 2.28 bits per heavy atom. The second-order valence-electron chi connectivity index (χ2n) is 4.78. The first-order chi connectivity index (χ1) is 8.72. The number of carboxylic acid groups (broad SMARTS) is 1. The molecule has 6 nitrogen and oxygen atoms in total. The van der Waals surface area contributed by atoms with Gasteiger partial charge in [0.05, 0.1) is 6.10 Å². The number of ether oxygens (including phenoxy) is 1. The van der Waals surface area contributed by atoms with E-state index in [4.69, 9.17) is 9.84 Å². The Bertz CT molecular complexity index is 446. The van der Waals surface area contributed by atoms with E-state index < -0.39 is 12.1 Å². The number of aliphatic carboxylic acids is 1. The fourth-order valence-corrected chi connectivity index (χ4v) is 2.70. The fourth-order valence-electron chi connectivity index (χ4n) is 2.05. The summed E-state index contributed by atoms with van der Waals surface area (Å²) in [6.07, 6.45) is 3.07. The molecule has 0 amide bonds. The summed E-state index contributed by atoms with van der Waals surface area (Å²) in [5, 5.41) is 12.8. The van der Waals surface area contributed by atoms with Gasteiger partial charge in [-0.2, -0.15) is 4.37 Å². The number of nitrogens with one attached hydrogen (secondary N) is 1. The SMILES string of the molecule is O=C(O)C1CCC(CNc2nc(C3CC3)ns2)O1. The maximum absolute atomic E-state index is 10.7. The minimum absolute atomic E-state index is 0.0422. The molecule has 18 heavy (non-hydrogen) atoms. The Kier molecular flexibility index (Phi) is 3.17. The third-order valence-corrected chi connectivity index (χ3v) is 3.94. The summed E-state index contributed by atoms with van der Waals surface area (Å²) in [4.78, 5) is 15.2. The zero-order valence-electron chi connectivity index (χ0n) is 9.83. The molecule has 1 saturated heterocycles. The lowest BCUT2D eigenvalue weighted by Gasteiger charge is -2.11. The van der Waals surface area contributed by atoms with Crippen molar-refractivity contribution in [3.8, 4) is 0 Å². The Balaban J connectivity index is 1.47. The van der Waals surface area contributed by atoms with Crippen LogP contribution in [0.15, 0.2) is 0 Å². The van der Waals surface area contributed by atoms with Crippen molar-refractivity contribution in [2.24, 2.45) is 0 Å². The molecule has 98 valence electrons. The smallest absolute Gasteiger partial charge is 0.332 e. The maximum atomic E-state index is 10.7. The van der Waals surface area contributed by atoms with Crippen LogP contribution in [0.5, 0.6) is 0 Å². The molecule has 0 aromatic carbocycles. The van der Waals surface area contributed by atoms with Gasteiger partial charge in [-0.05, 0) is 25.7 Å². The molecule has 3 rings (SSSR count). The molecule has 1 saturated carbocycles. The molecule has 1 aliphatic carbocycles. The van der Waals surface area contributed by atoms with Gasteiger partial charge in [-0.25, -0.2) is 9.78 Å². The van der Waals surface area contributed by atoms with Crippen molar-refractivity contribution in [1.82, 2.24) is 9.36 Å². The van der Waals surface area contributed by atoms with Crippen LogP contribution < -0.4 is 5.32 Å². The monoisotopic (exact) mass is 269 g/mol. The molecule has 0 bridgehead atoms. The summed E-state index contributed by atoms with van der Waals surface area (Å²) in [5.41, 5.74) is 0. The van der Waals surface area contributed by atoms with Crippen molar-refractivity contribution < 1.29 is 14.6 Å². The van der Waals surface area contributed by atoms with E-state index in [9.17, 15) is 4.79 Å². The Morgan fingerprint density at radius 3 is 2.94 bits per heavy atom. The van der Waals surface area contributed by atoms with Crippen molar-refractivity contribution in [2.75, 3.05) is 11.9 Å². The van der Waals surface area contributed by atoms with Crippen LogP contribution in [0.2, 0.25) is 0 Å². The normalized spacial score (nSPS) is 27.3. The summed E-state index contributed by atoms with van der Waals surface area (Å²) in [5.74, 6) is 0.638. The molecule has 2 fully saturated rings. The van der Waals surface area contributed by atoms with Crippen LogP contribution in [-0.4, -0.2) is 39.2 Å². The minimum atomic E-state index is -0.871. The highest BCUT2D eigenvalue weighted by molar-refractivity contribution is 7.09. The highest BCUT2D eigenvalue weighted by Gasteiger charge is 2.31. The number of hydrogen-bond acceptors (Lipinski definition) is 6. The van der Waals surface area contributed by atoms with Crippen LogP contribution in [0.1, 0.15) is 37.4 Å². The lowest BCUT2D eigenvalue weighted by Crippen LogP contribution is -2.24. The van der Waals surface area contributed by atoms with E-state index in [0.29, 0.717) is 18.9 Å². The van der Waals surface area contributed by atoms with Gasteiger partial charge in [0.15, 0.2) is 6.10 Å². The van der Waals surface area contributed by atoms with Gasteiger partial charge in [0.1, 0.15) is 5.82 Å². The molecule has 2 heterocycles. The predicted molar refractivity (Wildman–Crippen MR) is 65.9 cm³/mol. The fraction of sp³-hybridized carbons (Fsp3) is 0.727. The molecule has 1 aromatic rings. The molecule has 7 heteroatoms. The summed E-state index contributed by atoms with van der Waals surface area (Å²) < 4.78 is 9.71. The number of nitrogens with zero attached hydrogens (tertiary/aromatic N) is 2. The first-order valence-corrected chi connectivity index (χ1v) is 6.95. The summed E-state index contributed by atoms with van der Waals surface area (Å²) >= 11 is 1.36. The molecular weight excluding hydrogens is 254 g/mol. The second-order valence-corrected chi connectivity index (χ2v) is 5.53. The first-order valence-electron chi connectivity index (χ1n) is 6.18. The molecule has 2 unspecified atom stereocenters. The van der Waals surface area contributed by atoms with Crippen molar-refractivity contribution >= 4 is 22.6 Å². The molecular formula is C11H15N3O3S. The second kappa shape index (κ2) is 4.81. The molecule has 0 radical (unpaired) electrons. The first kappa shape index (κ1) is 11.9. The Morgan fingerprint density at radius 1 is 1.44 bits per heavy atom. The summed E-state index contributed by atoms with van der Waals surface area (Å²) in [7, 11) is 0. The molecule has 1 aliphatic heterocycles. The van der Waals surface area contributed by atoms with Gasteiger partial charge in [0, 0.05) is 24.0 Å². The quantitative estimate of drug-likeness (QED) is 0.842. The minimum Gasteiger partial charge on any atom is -0.479 e. The Hall–Kier alpha value is -1.21. The predicted octanol–water partition coefficient (Wildman–Crippen LogP) is 1.46. The molecule has 2 aliphatic rings.